The monoisotopic (exact) mass is 250 g/mol. The number of nitrogens with one attached hydrogen (secondary N) is 2. The molecule has 1 amide bonds. The molecule has 0 aromatic carbocycles. The van der Waals surface area contributed by atoms with Crippen LogP contribution in [0, 0.1) is 6.92 Å². The van der Waals surface area contributed by atoms with Crippen LogP contribution >= 0.6 is 0 Å². The van der Waals surface area contributed by atoms with Gasteiger partial charge < -0.3 is 10.2 Å². The molecule has 1 saturated heterocycles. The summed E-state index contributed by atoms with van der Waals surface area (Å²) < 4.78 is 0. The smallest absolute Gasteiger partial charge is 0.272 e. The topological polar surface area (TPSA) is 61.0 Å². The fourth-order valence-electron chi connectivity index (χ4n) is 2.35. The lowest BCUT2D eigenvalue weighted by atomic mass is 10.2. The van der Waals surface area contributed by atoms with E-state index in [-0.39, 0.29) is 11.9 Å². The Balaban J connectivity index is 1.87. The van der Waals surface area contributed by atoms with Crippen LogP contribution in [-0.2, 0) is 0 Å². The summed E-state index contributed by atoms with van der Waals surface area (Å²) in [5, 5.41) is 9.84. The molecule has 1 aromatic heterocycles. The van der Waals surface area contributed by atoms with Crippen LogP contribution in [-0.4, -0.2) is 46.7 Å². The zero-order valence-electron chi connectivity index (χ0n) is 11.2. The van der Waals surface area contributed by atoms with E-state index in [0.717, 1.165) is 31.7 Å². The van der Waals surface area contributed by atoms with Crippen molar-refractivity contribution in [1.29, 1.82) is 0 Å². The Labute approximate surface area is 108 Å². The molecule has 100 valence electrons. The van der Waals surface area contributed by atoms with E-state index in [1.54, 1.807) is 6.07 Å². The molecule has 0 spiro atoms. The molecule has 1 aliphatic rings. The lowest BCUT2D eigenvalue weighted by molar-refractivity contribution is 0.0921. The molecule has 0 radical (unpaired) electrons. The minimum absolute atomic E-state index is 0.0783. The summed E-state index contributed by atoms with van der Waals surface area (Å²) in [6.45, 7) is 7.27. The summed E-state index contributed by atoms with van der Waals surface area (Å²) in [6.07, 6.45) is 3.51. The van der Waals surface area contributed by atoms with Crippen LogP contribution in [0.5, 0.6) is 0 Å². The van der Waals surface area contributed by atoms with Crippen molar-refractivity contribution in [3.05, 3.63) is 17.5 Å². The normalized spacial score (nSPS) is 17.9. The van der Waals surface area contributed by atoms with Crippen LogP contribution in [0.15, 0.2) is 6.07 Å². The van der Waals surface area contributed by atoms with Gasteiger partial charge in [0.25, 0.3) is 5.91 Å². The Bertz CT molecular complexity index is 395. The molecule has 2 N–H and O–H groups in total. The standard InChI is InChI=1S/C13H22N4O/c1-3-11(9-17-6-4-5-7-17)14-13(18)12-8-10(2)15-16-12/h8,11H,3-7,9H2,1-2H3,(H,14,18)(H,15,16)/t11-/m0/s1. The lowest BCUT2D eigenvalue weighted by Crippen LogP contribution is -2.42. The van der Waals surface area contributed by atoms with E-state index in [2.05, 4.69) is 27.3 Å². The highest BCUT2D eigenvalue weighted by atomic mass is 16.2. The molecule has 0 saturated carbocycles. The average molecular weight is 250 g/mol. The third-order valence-corrected chi connectivity index (χ3v) is 3.44. The highest BCUT2D eigenvalue weighted by molar-refractivity contribution is 5.92. The van der Waals surface area contributed by atoms with Crippen LogP contribution < -0.4 is 5.32 Å². The first-order valence-electron chi connectivity index (χ1n) is 6.74. The fourth-order valence-corrected chi connectivity index (χ4v) is 2.35. The summed E-state index contributed by atoms with van der Waals surface area (Å²) in [7, 11) is 0. The van der Waals surface area contributed by atoms with E-state index in [1.807, 2.05) is 6.92 Å². The molecule has 0 bridgehead atoms. The summed E-state index contributed by atoms with van der Waals surface area (Å²) in [5.41, 5.74) is 1.39. The van der Waals surface area contributed by atoms with E-state index in [4.69, 9.17) is 0 Å². The quantitative estimate of drug-likeness (QED) is 0.828. The van der Waals surface area contributed by atoms with Gasteiger partial charge in [-0.25, -0.2) is 0 Å². The molecule has 1 atom stereocenters. The minimum atomic E-state index is -0.0783. The number of aryl methyl sites for hydroxylation is 1. The number of aromatic amines is 1. The van der Waals surface area contributed by atoms with E-state index < -0.39 is 0 Å². The predicted octanol–water partition coefficient (Wildman–Crippen LogP) is 1.32. The number of H-pyrrole nitrogens is 1. The third-order valence-electron chi connectivity index (χ3n) is 3.44. The van der Waals surface area contributed by atoms with Crippen molar-refractivity contribution in [2.24, 2.45) is 0 Å². The molecule has 5 nitrogen and oxygen atoms in total. The van der Waals surface area contributed by atoms with Crippen LogP contribution in [0.1, 0.15) is 42.4 Å². The van der Waals surface area contributed by atoms with Gasteiger partial charge in [-0.15, -0.1) is 0 Å². The van der Waals surface area contributed by atoms with Crippen molar-refractivity contribution >= 4 is 5.91 Å². The van der Waals surface area contributed by atoms with Crippen molar-refractivity contribution in [3.63, 3.8) is 0 Å². The van der Waals surface area contributed by atoms with E-state index in [0.29, 0.717) is 5.69 Å². The Morgan fingerprint density at radius 1 is 1.56 bits per heavy atom. The minimum Gasteiger partial charge on any atom is -0.347 e. The lowest BCUT2D eigenvalue weighted by Gasteiger charge is -2.23. The second-order valence-corrected chi connectivity index (χ2v) is 5.02. The van der Waals surface area contributed by atoms with E-state index >= 15 is 0 Å². The number of carbonyl (C=O) groups is 1. The second kappa shape index (κ2) is 6.00. The highest BCUT2D eigenvalue weighted by Crippen LogP contribution is 2.09. The van der Waals surface area contributed by atoms with Gasteiger partial charge in [-0.2, -0.15) is 5.10 Å². The van der Waals surface area contributed by atoms with Gasteiger partial charge in [-0.05, 0) is 45.3 Å². The Kier molecular flexibility index (Phi) is 4.36. The van der Waals surface area contributed by atoms with Gasteiger partial charge in [0.15, 0.2) is 0 Å². The van der Waals surface area contributed by atoms with Crippen LogP contribution in [0.3, 0.4) is 0 Å². The molecule has 2 rings (SSSR count). The average Bonchev–Trinajstić information content (AvgIpc) is 2.99. The molecule has 1 fully saturated rings. The number of rotatable bonds is 5. The van der Waals surface area contributed by atoms with Crippen molar-refractivity contribution in [2.75, 3.05) is 19.6 Å². The number of likely N-dealkylation sites (tertiary alicyclic amines) is 1. The maximum absolute atomic E-state index is 12.0. The molecule has 18 heavy (non-hydrogen) atoms. The maximum Gasteiger partial charge on any atom is 0.272 e. The zero-order chi connectivity index (χ0) is 13.0. The predicted molar refractivity (Wildman–Crippen MR) is 70.5 cm³/mol. The molecule has 1 aromatic rings. The number of aromatic nitrogens is 2. The maximum atomic E-state index is 12.0. The first kappa shape index (κ1) is 13.1. The van der Waals surface area contributed by atoms with E-state index in [9.17, 15) is 4.79 Å². The highest BCUT2D eigenvalue weighted by Gasteiger charge is 2.19. The summed E-state index contributed by atoms with van der Waals surface area (Å²) in [4.78, 5) is 14.4. The van der Waals surface area contributed by atoms with Crippen molar-refractivity contribution in [1.82, 2.24) is 20.4 Å². The molecule has 5 heteroatoms. The van der Waals surface area contributed by atoms with Crippen molar-refractivity contribution < 1.29 is 4.79 Å². The number of carbonyl (C=O) groups excluding carboxylic acids is 1. The fraction of sp³-hybridized carbons (Fsp3) is 0.692. The number of hydrogen-bond donors (Lipinski definition) is 2. The molecule has 1 aliphatic heterocycles. The number of nitrogens with zero attached hydrogens (tertiary/aromatic N) is 2. The van der Waals surface area contributed by atoms with Gasteiger partial charge in [0.2, 0.25) is 0 Å². The van der Waals surface area contributed by atoms with Gasteiger partial charge in [0.05, 0.1) is 0 Å². The second-order valence-electron chi connectivity index (χ2n) is 5.02. The molecule has 0 unspecified atom stereocenters. The summed E-state index contributed by atoms with van der Waals surface area (Å²) in [6, 6.07) is 1.99. The van der Waals surface area contributed by atoms with Crippen LogP contribution in [0.25, 0.3) is 0 Å². The third kappa shape index (κ3) is 3.32. The molecule has 2 heterocycles. The van der Waals surface area contributed by atoms with Crippen molar-refractivity contribution in [2.45, 2.75) is 39.2 Å². The van der Waals surface area contributed by atoms with Crippen LogP contribution in [0.4, 0.5) is 0 Å². The Hall–Kier alpha value is -1.36. The van der Waals surface area contributed by atoms with Crippen molar-refractivity contribution in [3.8, 4) is 0 Å². The number of amides is 1. The van der Waals surface area contributed by atoms with E-state index in [1.165, 1.54) is 12.8 Å². The van der Waals surface area contributed by atoms with Gasteiger partial charge in [-0.1, -0.05) is 6.92 Å². The SMILES string of the molecule is CC[C@@H](CN1CCCC1)NC(=O)c1cc(C)[nH]n1. The molecular formula is C13H22N4O. The largest absolute Gasteiger partial charge is 0.347 e. The summed E-state index contributed by atoms with van der Waals surface area (Å²) in [5.74, 6) is -0.0783. The first-order chi connectivity index (χ1) is 8.69. The van der Waals surface area contributed by atoms with Gasteiger partial charge in [0, 0.05) is 18.3 Å². The summed E-state index contributed by atoms with van der Waals surface area (Å²) >= 11 is 0. The van der Waals surface area contributed by atoms with Gasteiger partial charge in [-0.3, -0.25) is 9.89 Å². The van der Waals surface area contributed by atoms with Gasteiger partial charge in [0.1, 0.15) is 5.69 Å². The van der Waals surface area contributed by atoms with Gasteiger partial charge >= 0.3 is 0 Å². The Morgan fingerprint density at radius 3 is 2.83 bits per heavy atom. The molecule has 0 aliphatic carbocycles. The molecular weight excluding hydrogens is 228 g/mol. The Morgan fingerprint density at radius 2 is 2.28 bits per heavy atom. The van der Waals surface area contributed by atoms with Crippen LogP contribution in [0.2, 0.25) is 0 Å². The zero-order valence-corrected chi connectivity index (χ0v) is 11.2. The first-order valence-corrected chi connectivity index (χ1v) is 6.74. The number of hydrogen-bond acceptors (Lipinski definition) is 3.